The molecule has 0 spiro atoms. The summed E-state index contributed by atoms with van der Waals surface area (Å²) in [4.78, 5) is 11.0. The van der Waals surface area contributed by atoms with Crippen molar-refractivity contribution in [2.75, 3.05) is 24.7 Å². The van der Waals surface area contributed by atoms with E-state index in [4.69, 9.17) is 4.74 Å². The largest absolute Gasteiger partial charge is 0.465 e. The first kappa shape index (κ1) is 10.9. The number of hydrogen-bond acceptors (Lipinski definition) is 4. The summed E-state index contributed by atoms with van der Waals surface area (Å²) in [5.41, 5.74) is 0. The Labute approximate surface area is 83.6 Å². The molecule has 76 valence electrons. The van der Waals surface area contributed by atoms with Gasteiger partial charge in [0.25, 0.3) is 0 Å². The SMILES string of the molecule is CCOC(=O)CNC1CCSCC1. The van der Waals surface area contributed by atoms with E-state index in [0.29, 0.717) is 19.2 Å². The normalized spacial score (nSPS) is 18.5. The van der Waals surface area contributed by atoms with Crippen LogP contribution in [0.4, 0.5) is 0 Å². The molecule has 1 aliphatic rings. The zero-order chi connectivity index (χ0) is 9.52. The van der Waals surface area contributed by atoms with Crippen molar-refractivity contribution >= 4 is 17.7 Å². The van der Waals surface area contributed by atoms with Gasteiger partial charge in [0.2, 0.25) is 0 Å². The van der Waals surface area contributed by atoms with Gasteiger partial charge >= 0.3 is 5.97 Å². The van der Waals surface area contributed by atoms with Crippen molar-refractivity contribution in [3.63, 3.8) is 0 Å². The standard InChI is InChI=1S/C9H17NO2S/c1-2-12-9(11)7-10-8-3-5-13-6-4-8/h8,10H,2-7H2,1H3. The smallest absolute Gasteiger partial charge is 0.319 e. The van der Waals surface area contributed by atoms with Crippen molar-refractivity contribution in [2.24, 2.45) is 0 Å². The molecule has 1 rings (SSSR count). The maximum atomic E-state index is 11.0. The Morgan fingerprint density at radius 1 is 1.54 bits per heavy atom. The molecular formula is C9H17NO2S. The quantitative estimate of drug-likeness (QED) is 0.693. The molecule has 13 heavy (non-hydrogen) atoms. The lowest BCUT2D eigenvalue weighted by Crippen LogP contribution is -2.36. The van der Waals surface area contributed by atoms with Gasteiger partial charge in [-0.3, -0.25) is 4.79 Å². The molecule has 0 aromatic rings. The molecule has 0 aliphatic carbocycles. The lowest BCUT2D eigenvalue weighted by molar-refractivity contribution is -0.142. The molecule has 1 aliphatic heterocycles. The first-order chi connectivity index (χ1) is 6.33. The van der Waals surface area contributed by atoms with E-state index < -0.39 is 0 Å². The van der Waals surface area contributed by atoms with E-state index in [9.17, 15) is 4.79 Å². The van der Waals surface area contributed by atoms with Gasteiger partial charge in [-0.05, 0) is 31.3 Å². The minimum absolute atomic E-state index is 0.138. The number of ether oxygens (including phenoxy) is 1. The Bertz CT molecular complexity index is 158. The van der Waals surface area contributed by atoms with Gasteiger partial charge in [-0.1, -0.05) is 0 Å². The van der Waals surface area contributed by atoms with Crippen LogP contribution >= 0.6 is 11.8 Å². The summed E-state index contributed by atoms with van der Waals surface area (Å²) in [6.45, 7) is 2.67. The van der Waals surface area contributed by atoms with Crippen molar-refractivity contribution in [1.82, 2.24) is 5.32 Å². The highest BCUT2D eigenvalue weighted by atomic mass is 32.2. The van der Waals surface area contributed by atoms with Crippen LogP contribution in [0.25, 0.3) is 0 Å². The van der Waals surface area contributed by atoms with Crippen LogP contribution < -0.4 is 5.32 Å². The Morgan fingerprint density at radius 2 is 2.23 bits per heavy atom. The van der Waals surface area contributed by atoms with Crippen LogP contribution in [0.5, 0.6) is 0 Å². The Hall–Kier alpha value is -0.220. The molecule has 3 nitrogen and oxygen atoms in total. The van der Waals surface area contributed by atoms with E-state index in [2.05, 4.69) is 5.32 Å². The Kier molecular flexibility index (Phi) is 5.23. The van der Waals surface area contributed by atoms with Gasteiger partial charge in [0.05, 0.1) is 13.2 Å². The average Bonchev–Trinajstić information content (AvgIpc) is 2.17. The summed E-state index contributed by atoms with van der Waals surface area (Å²) < 4.78 is 4.83. The highest BCUT2D eigenvalue weighted by Crippen LogP contribution is 2.16. The molecule has 0 unspecified atom stereocenters. The summed E-state index contributed by atoms with van der Waals surface area (Å²) in [5, 5.41) is 3.22. The summed E-state index contributed by atoms with van der Waals surface area (Å²) in [5.74, 6) is 2.28. The first-order valence-electron chi connectivity index (χ1n) is 4.79. The highest BCUT2D eigenvalue weighted by Gasteiger charge is 2.14. The monoisotopic (exact) mass is 203 g/mol. The second-order valence-electron chi connectivity index (χ2n) is 3.07. The maximum Gasteiger partial charge on any atom is 0.319 e. The molecule has 4 heteroatoms. The zero-order valence-electron chi connectivity index (χ0n) is 8.04. The van der Waals surface area contributed by atoms with E-state index in [1.54, 1.807) is 0 Å². The van der Waals surface area contributed by atoms with E-state index in [0.717, 1.165) is 0 Å². The van der Waals surface area contributed by atoms with Crippen molar-refractivity contribution in [1.29, 1.82) is 0 Å². The molecule has 1 heterocycles. The molecule has 0 aromatic heterocycles. The van der Waals surface area contributed by atoms with Gasteiger partial charge in [0.1, 0.15) is 0 Å². The van der Waals surface area contributed by atoms with Crippen LogP contribution in [-0.4, -0.2) is 36.7 Å². The molecule has 0 saturated carbocycles. The number of thioether (sulfide) groups is 1. The molecule has 0 radical (unpaired) electrons. The number of esters is 1. The van der Waals surface area contributed by atoms with Crippen molar-refractivity contribution in [3.8, 4) is 0 Å². The molecule has 0 aromatic carbocycles. The third kappa shape index (κ3) is 4.52. The van der Waals surface area contributed by atoms with Crippen LogP contribution in [0.3, 0.4) is 0 Å². The zero-order valence-corrected chi connectivity index (χ0v) is 8.86. The van der Waals surface area contributed by atoms with Crippen molar-refractivity contribution < 1.29 is 9.53 Å². The molecule has 1 N–H and O–H groups in total. The summed E-state index contributed by atoms with van der Waals surface area (Å²) in [7, 11) is 0. The van der Waals surface area contributed by atoms with Gasteiger partial charge < -0.3 is 10.1 Å². The number of rotatable bonds is 4. The number of hydrogen-bond donors (Lipinski definition) is 1. The summed E-state index contributed by atoms with van der Waals surface area (Å²) in [6, 6.07) is 0.519. The molecule has 0 atom stereocenters. The van der Waals surface area contributed by atoms with E-state index >= 15 is 0 Å². The van der Waals surface area contributed by atoms with Crippen LogP contribution in [-0.2, 0) is 9.53 Å². The lowest BCUT2D eigenvalue weighted by atomic mass is 10.1. The van der Waals surface area contributed by atoms with Crippen LogP contribution in [0, 0.1) is 0 Å². The summed E-state index contributed by atoms with van der Waals surface area (Å²) >= 11 is 1.99. The van der Waals surface area contributed by atoms with Gasteiger partial charge in [0, 0.05) is 6.04 Å². The molecule has 0 bridgehead atoms. The predicted octanol–water partition coefficient (Wildman–Crippen LogP) is 1.03. The van der Waals surface area contributed by atoms with E-state index in [-0.39, 0.29) is 5.97 Å². The van der Waals surface area contributed by atoms with Gasteiger partial charge in [0.15, 0.2) is 0 Å². The first-order valence-corrected chi connectivity index (χ1v) is 5.95. The van der Waals surface area contributed by atoms with Gasteiger partial charge in [-0.2, -0.15) is 11.8 Å². The highest BCUT2D eigenvalue weighted by molar-refractivity contribution is 7.99. The third-order valence-electron chi connectivity index (χ3n) is 2.06. The second kappa shape index (κ2) is 6.27. The minimum Gasteiger partial charge on any atom is -0.465 e. The Morgan fingerprint density at radius 3 is 2.85 bits per heavy atom. The van der Waals surface area contributed by atoms with Gasteiger partial charge in [-0.25, -0.2) is 0 Å². The average molecular weight is 203 g/mol. The van der Waals surface area contributed by atoms with Crippen molar-refractivity contribution in [3.05, 3.63) is 0 Å². The molecular weight excluding hydrogens is 186 g/mol. The molecule has 0 amide bonds. The van der Waals surface area contributed by atoms with Crippen LogP contribution in [0.1, 0.15) is 19.8 Å². The van der Waals surface area contributed by atoms with Crippen LogP contribution in [0.15, 0.2) is 0 Å². The predicted molar refractivity (Wildman–Crippen MR) is 55.0 cm³/mol. The fourth-order valence-electron chi connectivity index (χ4n) is 1.34. The number of carbonyl (C=O) groups excluding carboxylic acids is 1. The molecule has 1 fully saturated rings. The number of carbonyl (C=O) groups is 1. The number of nitrogens with one attached hydrogen (secondary N) is 1. The Balaban J connectivity index is 2.06. The van der Waals surface area contributed by atoms with Crippen molar-refractivity contribution in [2.45, 2.75) is 25.8 Å². The third-order valence-corrected chi connectivity index (χ3v) is 3.11. The second-order valence-corrected chi connectivity index (χ2v) is 4.30. The molecule has 1 saturated heterocycles. The fraction of sp³-hybridized carbons (Fsp3) is 0.889. The van der Waals surface area contributed by atoms with Gasteiger partial charge in [-0.15, -0.1) is 0 Å². The van der Waals surface area contributed by atoms with E-state index in [1.807, 2.05) is 18.7 Å². The topological polar surface area (TPSA) is 38.3 Å². The lowest BCUT2D eigenvalue weighted by Gasteiger charge is -2.21. The van der Waals surface area contributed by atoms with E-state index in [1.165, 1.54) is 24.3 Å². The summed E-state index contributed by atoms with van der Waals surface area (Å²) in [6.07, 6.45) is 2.34. The van der Waals surface area contributed by atoms with Crippen LogP contribution in [0.2, 0.25) is 0 Å². The minimum atomic E-state index is -0.138. The maximum absolute atomic E-state index is 11.0. The fourth-order valence-corrected chi connectivity index (χ4v) is 2.45.